The van der Waals surface area contributed by atoms with Crippen LogP contribution in [-0.2, 0) is 0 Å². The number of ether oxygens (including phenoxy) is 2. The van der Waals surface area contributed by atoms with Gasteiger partial charge in [-0.2, -0.15) is 4.98 Å². The van der Waals surface area contributed by atoms with Gasteiger partial charge >= 0.3 is 0 Å². The molecule has 6 heteroatoms. The molecule has 2 N–H and O–H groups in total. The predicted molar refractivity (Wildman–Crippen MR) is 94.6 cm³/mol. The molecule has 0 aliphatic carbocycles. The van der Waals surface area contributed by atoms with Gasteiger partial charge in [-0.25, -0.2) is 4.98 Å². The highest BCUT2D eigenvalue weighted by atomic mass is 16.5. The van der Waals surface area contributed by atoms with Crippen LogP contribution in [0.25, 0.3) is 0 Å². The molecule has 0 atom stereocenters. The summed E-state index contributed by atoms with van der Waals surface area (Å²) in [6.45, 7) is 0. The molecule has 0 saturated heterocycles. The van der Waals surface area contributed by atoms with E-state index in [0.717, 1.165) is 22.9 Å². The summed E-state index contributed by atoms with van der Waals surface area (Å²) < 4.78 is 10.5. The van der Waals surface area contributed by atoms with Gasteiger partial charge in [0, 0.05) is 18.0 Å². The third-order valence-corrected chi connectivity index (χ3v) is 3.35. The summed E-state index contributed by atoms with van der Waals surface area (Å²) in [6.07, 6.45) is 1.69. The fourth-order valence-corrected chi connectivity index (χ4v) is 2.20. The smallest absolute Gasteiger partial charge is 0.229 e. The highest BCUT2D eigenvalue weighted by Crippen LogP contribution is 2.26. The second kappa shape index (κ2) is 7.32. The van der Waals surface area contributed by atoms with Crippen molar-refractivity contribution in [3.8, 4) is 11.5 Å². The number of aromatic nitrogens is 2. The van der Waals surface area contributed by atoms with Crippen molar-refractivity contribution in [2.75, 3.05) is 24.9 Å². The van der Waals surface area contributed by atoms with Gasteiger partial charge in [-0.1, -0.05) is 18.2 Å². The maximum Gasteiger partial charge on any atom is 0.229 e. The number of hydrogen-bond acceptors (Lipinski definition) is 6. The van der Waals surface area contributed by atoms with E-state index in [1.54, 1.807) is 26.5 Å². The van der Waals surface area contributed by atoms with Crippen LogP contribution in [0.4, 0.5) is 23.1 Å². The molecule has 6 nitrogen and oxygen atoms in total. The largest absolute Gasteiger partial charge is 0.497 e. The third-order valence-electron chi connectivity index (χ3n) is 3.35. The van der Waals surface area contributed by atoms with Gasteiger partial charge in [0.2, 0.25) is 5.95 Å². The minimum absolute atomic E-state index is 0.489. The number of nitrogens with one attached hydrogen (secondary N) is 2. The number of hydrogen-bond donors (Lipinski definition) is 2. The number of benzene rings is 2. The zero-order valence-corrected chi connectivity index (χ0v) is 13.5. The number of methoxy groups -OCH3 is 2. The molecule has 0 aliphatic rings. The van der Waals surface area contributed by atoms with Gasteiger partial charge in [0.15, 0.2) is 0 Å². The van der Waals surface area contributed by atoms with Crippen LogP contribution in [0.1, 0.15) is 0 Å². The normalized spacial score (nSPS) is 10.1. The quantitative estimate of drug-likeness (QED) is 0.715. The van der Waals surface area contributed by atoms with E-state index in [1.807, 2.05) is 48.5 Å². The Hall–Kier alpha value is -3.28. The highest BCUT2D eigenvalue weighted by Gasteiger charge is 2.05. The Balaban J connectivity index is 1.79. The molecular formula is C18H18N4O2. The monoisotopic (exact) mass is 322 g/mol. The maximum atomic E-state index is 5.33. The number of para-hydroxylation sites is 2. The molecule has 3 rings (SSSR count). The van der Waals surface area contributed by atoms with E-state index in [1.165, 1.54) is 0 Å². The van der Waals surface area contributed by atoms with Crippen LogP contribution < -0.4 is 20.1 Å². The molecule has 0 fully saturated rings. The van der Waals surface area contributed by atoms with Gasteiger partial charge in [0.05, 0.1) is 19.9 Å². The molecule has 1 aromatic heterocycles. The summed E-state index contributed by atoms with van der Waals surface area (Å²) in [6, 6.07) is 17.0. The van der Waals surface area contributed by atoms with Crippen LogP contribution in [0.5, 0.6) is 11.5 Å². The van der Waals surface area contributed by atoms with E-state index in [-0.39, 0.29) is 0 Å². The lowest BCUT2D eigenvalue weighted by Gasteiger charge is -2.11. The summed E-state index contributed by atoms with van der Waals surface area (Å²) in [4.78, 5) is 8.70. The van der Waals surface area contributed by atoms with Crippen LogP contribution in [0.3, 0.4) is 0 Å². The maximum absolute atomic E-state index is 5.33. The topological polar surface area (TPSA) is 68.3 Å². The number of anilines is 4. The highest BCUT2D eigenvalue weighted by molar-refractivity contribution is 5.65. The van der Waals surface area contributed by atoms with E-state index in [0.29, 0.717) is 11.8 Å². The van der Waals surface area contributed by atoms with Crippen molar-refractivity contribution >= 4 is 23.1 Å². The van der Waals surface area contributed by atoms with Crippen molar-refractivity contribution < 1.29 is 9.47 Å². The molecule has 0 unspecified atom stereocenters. The Labute approximate surface area is 140 Å². The van der Waals surface area contributed by atoms with Gasteiger partial charge in [-0.15, -0.1) is 0 Å². The molecule has 0 amide bonds. The molecular weight excluding hydrogens is 304 g/mol. The van der Waals surface area contributed by atoms with Gasteiger partial charge < -0.3 is 20.1 Å². The SMILES string of the molecule is COc1cccc(Nc2nccc(Nc3ccccc3OC)n2)c1. The number of nitrogens with zero attached hydrogens (tertiary/aromatic N) is 2. The molecule has 0 spiro atoms. The van der Waals surface area contributed by atoms with Crippen LogP contribution in [0.2, 0.25) is 0 Å². The van der Waals surface area contributed by atoms with Crippen LogP contribution in [0, 0.1) is 0 Å². The Kier molecular flexibility index (Phi) is 4.76. The van der Waals surface area contributed by atoms with Gasteiger partial charge in [0.25, 0.3) is 0 Å². The third kappa shape index (κ3) is 3.73. The first kappa shape index (κ1) is 15.6. The lowest BCUT2D eigenvalue weighted by Crippen LogP contribution is -2.01. The van der Waals surface area contributed by atoms with Gasteiger partial charge in [-0.05, 0) is 30.3 Å². The van der Waals surface area contributed by atoms with Crippen molar-refractivity contribution in [1.82, 2.24) is 9.97 Å². The average molecular weight is 322 g/mol. The average Bonchev–Trinajstić information content (AvgIpc) is 2.62. The second-order valence-electron chi connectivity index (χ2n) is 4.95. The molecule has 0 aliphatic heterocycles. The molecule has 0 radical (unpaired) electrons. The summed E-state index contributed by atoms with van der Waals surface area (Å²) in [5.74, 6) is 2.67. The predicted octanol–water partition coefficient (Wildman–Crippen LogP) is 3.98. The van der Waals surface area contributed by atoms with E-state index in [9.17, 15) is 0 Å². The molecule has 3 aromatic rings. The molecule has 122 valence electrons. The molecule has 0 bridgehead atoms. The van der Waals surface area contributed by atoms with E-state index < -0.39 is 0 Å². The van der Waals surface area contributed by atoms with Crippen molar-refractivity contribution in [3.63, 3.8) is 0 Å². The van der Waals surface area contributed by atoms with Crippen molar-refractivity contribution in [1.29, 1.82) is 0 Å². The van der Waals surface area contributed by atoms with Gasteiger partial charge in [0.1, 0.15) is 17.3 Å². The summed E-state index contributed by atoms with van der Waals surface area (Å²) in [5.41, 5.74) is 1.69. The zero-order valence-electron chi connectivity index (χ0n) is 13.5. The first-order valence-corrected chi connectivity index (χ1v) is 7.42. The minimum Gasteiger partial charge on any atom is -0.497 e. The standard InChI is InChI=1S/C18H18N4O2/c1-23-14-7-5-6-13(12-14)20-18-19-11-10-17(22-18)21-15-8-3-4-9-16(15)24-2/h3-12H,1-2H3,(H2,19,20,21,22). The Morgan fingerprint density at radius 1 is 0.875 bits per heavy atom. The fraction of sp³-hybridized carbons (Fsp3) is 0.111. The molecule has 24 heavy (non-hydrogen) atoms. The summed E-state index contributed by atoms with van der Waals surface area (Å²) in [7, 11) is 3.27. The molecule has 1 heterocycles. The zero-order chi connectivity index (χ0) is 16.8. The van der Waals surface area contributed by atoms with E-state index in [4.69, 9.17) is 9.47 Å². The van der Waals surface area contributed by atoms with E-state index in [2.05, 4.69) is 20.6 Å². The van der Waals surface area contributed by atoms with E-state index >= 15 is 0 Å². The Bertz CT molecular complexity index is 823. The Morgan fingerprint density at radius 3 is 2.58 bits per heavy atom. The van der Waals surface area contributed by atoms with Gasteiger partial charge in [-0.3, -0.25) is 0 Å². The molecule has 0 saturated carbocycles. The first-order valence-electron chi connectivity index (χ1n) is 7.42. The van der Waals surface area contributed by atoms with Crippen molar-refractivity contribution in [3.05, 3.63) is 60.8 Å². The van der Waals surface area contributed by atoms with Crippen LogP contribution in [0.15, 0.2) is 60.8 Å². The van der Waals surface area contributed by atoms with Crippen molar-refractivity contribution in [2.24, 2.45) is 0 Å². The Morgan fingerprint density at radius 2 is 1.75 bits per heavy atom. The van der Waals surface area contributed by atoms with Crippen molar-refractivity contribution in [2.45, 2.75) is 0 Å². The van der Waals surface area contributed by atoms with Crippen LogP contribution in [-0.4, -0.2) is 24.2 Å². The lowest BCUT2D eigenvalue weighted by molar-refractivity contribution is 0.415. The molecule has 2 aromatic carbocycles. The first-order chi connectivity index (χ1) is 11.8. The minimum atomic E-state index is 0.489. The summed E-state index contributed by atoms with van der Waals surface area (Å²) in [5, 5.41) is 6.39. The second-order valence-corrected chi connectivity index (χ2v) is 4.95. The van der Waals surface area contributed by atoms with Crippen LogP contribution >= 0.6 is 0 Å². The fourth-order valence-electron chi connectivity index (χ4n) is 2.20. The lowest BCUT2D eigenvalue weighted by atomic mass is 10.3. The summed E-state index contributed by atoms with van der Waals surface area (Å²) >= 11 is 0. The number of rotatable bonds is 6.